The van der Waals surface area contributed by atoms with E-state index in [1.54, 1.807) is 18.7 Å². The number of benzene rings is 1. The first-order valence-electron chi connectivity index (χ1n) is 4.23. The number of nitrogens with zero attached hydrogens (tertiary/aromatic N) is 1. The van der Waals surface area contributed by atoms with Crippen LogP contribution in [-0.4, -0.2) is 17.6 Å². The van der Waals surface area contributed by atoms with E-state index < -0.39 is 0 Å². The summed E-state index contributed by atoms with van der Waals surface area (Å²) in [6.45, 7) is 2.36. The average Bonchev–Trinajstić information content (AvgIpc) is 2.71. The zero-order valence-corrected chi connectivity index (χ0v) is 7.14. The Morgan fingerprint density at radius 1 is 1.31 bits per heavy atom. The Morgan fingerprint density at radius 3 is 2.69 bits per heavy atom. The molecule has 0 atom stereocenters. The van der Waals surface area contributed by atoms with Gasteiger partial charge in [-0.1, -0.05) is 18.2 Å². The average molecular weight is 176 g/mol. The summed E-state index contributed by atoms with van der Waals surface area (Å²) in [5.74, 6) is -0.0990. The number of carbonyl (C=O) groups excluding carboxylic acids is 1. The fourth-order valence-electron chi connectivity index (χ4n) is 1.22. The van der Waals surface area contributed by atoms with Crippen LogP contribution in [0.25, 0.3) is 0 Å². The standard InChI is InChI=1S/C10H10NO2/c12-10(11-7-4-8-13-11)9-5-2-1-3-6-9/h1-3,5-7H,4,8H2. The summed E-state index contributed by atoms with van der Waals surface area (Å²) < 4.78 is 0. The quantitative estimate of drug-likeness (QED) is 0.650. The maximum absolute atomic E-state index is 11.6. The minimum atomic E-state index is -0.0990. The van der Waals surface area contributed by atoms with Gasteiger partial charge in [-0.2, -0.15) is 0 Å². The summed E-state index contributed by atoms with van der Waals surface area (Å²) in [5, 5.41) is 1.30. The fraction of sp³-hybridized carbons (Fsp3) is 0.200. The van der Waals surface area contributed by atoms with Gasteiger partial charge >= 0.3 is 0 Å². The lowest BCUT2D eigenvalue weighted by atomic mass is 10.2. The maximum Gasteiger partial charge on any atom is 0.277 e. The zero-order chi connectivity index (χ0) is 9.10. The Balaban J connectivity index is 2.13. The molecular formula is C10H10NO2. The van der Waals surface area contributed by atoms with Crippen molar-refractivity contribution in [1.82, 2.24) is 5.06 Å². The van der Waals surface area contributed by atoms with Crippen LogP contribution in [0.4, 0.5) is 0 Å². The predicted octanol–water partition coefficient (Wildman–Crippen LogP) is 1.63. The van der Waals surface area contributed by atoms with Crippen LogP contribution in [0.3, 0.4) is 0 Å². The van der Waals surface area contributed by atoms with E-state index in [0.29, 0.717) is 12.2 Å². The molecule has 3 nitrogen and oxygen atoms in total. The SMILES string of the molecule is O=C(c1ccccc1)N1[CH]CCO1. The highest BCUT2D eigenvalue weighted by atomic mass is 16.7. The van der Waals surface area contributed by atoms with Crippen molar-refractivity contribution in [2.45, 2.75) is 6.42 Å². The van der Waals surface area contributed by atoms with E-state index >= 15 is 0 Å². The third-order valence-electron chi connectivity index (χ3n) is 1.86. The van der Waals surface area contributed by atoms with Gasteiger partial charge in [-0.3, -0.25) is 9.63 Å². The van der Waals surface area contributed by atoms with E-state index in [2.05, 4.69) is 0 Å². The molecule has 0 N–H and O–H groups in total. The summed E-state index contributed by atoms with van der Waals surface area (Å²) in [7, 11) is 0. The number of carbonyl (C=O) groups is 1. The van der Waals surface area contributed by atoms with Gasteiger partial charge in [0.15, 0.2) is 0 Å². The number of hydrogen-bond acceptors (Lipinski definition) is 2. The summed E-state index contributed by atoms with van der Waals surface area (Å²) in [6, 6.07) is 9.10. The molecule has 3 heteroatoms. The molecular weight excluding hydrogens is 166 g/mol. The summed E-state index contributed by atoms with van der Waals surface area (Å²) >= 11 is 0. The van der Waals surface area contributed by atoms with Crippen molar-refractivity contribution in [3.05, 3.63) is 42.4 Å². The van der Waals surface area contributed by atoms with Gasteiger partial charge in [0.25, 0.3) is 5.91 Å². The van der Waals surface area contributed by atoms with Crippen LogP contribution in [0.1, 0.15) is 16.8 Å². The first-order chi connectivity index (χ1) is 6.38. The Hall–Kier alpha value is -1.35. The third-order valence-corrected chi connectivity index (χ3v) is 1.86. The second-order valence-electron chi connectivity index (χ2n) is 2.80. The van der Waals surface area contributed by atoms with Gasteiger partial charge in [0.1, 0.15) is 0 Å². The van der Waals surface area contributed by atoms with Crippen LogP contribution >= 0.6 is 0 Å². The second kappa shape index (κ2) is 3.58. The minimum Gasteiger partial charge on any atom is -0.270 e. The van der Waals surface area contributed by atoms with Crippen molar-refractivity contribution < 1.29 is 9.63 Å². The molecule has 2 rings (SSSR count). The van der Waals surface area contributed by atoms with Crippen molar-refractivity contribution in [2.75, 3.05) is 6.61 Å². The lowest BCUT2D eigenvalue weighted by Crippen LogP contribution is -2.23. The molecule has 1 fully saturated rings. The van der Waals surface area contributed by atoms with E-state index in [-0.39, 0.29) is 5.91 Å². The molecule has 1 aromatic rings. The largest absolute Gasteiger partial charge is 0.277 e. The van der Waals surface area contributed by atoms with Crippen LogP contribution in [0.15, 0.2) is 30.3 Å². The molecule has 0 saturated carbocycles. The lowest BCUT2D eigenvalue weighted by Gasteiger charge is -2.12. The molecule has 1 amide bonds. The van der Waals surface area contributed by atoms with Crippen molar-refractivity contribution in [1.29, 1.82) is 0 Å². The van der Waals surface area contributed by atoms with Crippen molar-refractivity contribution in [3.63, 3.8) is 0 Å². The molecule has 0 aliphatic carbocycles. The maximum atomic E-state index is 11.6. The Bertz CT molecular complexity index is 291. The Kier molecular flexibility index (Phi) is 2.27. The van der Waals surface area contributed by atoms with E-state index in [4.69, 9.17) is 4.84 Å². The van der Waals surface area contributed by atoms with Gasteiger partial charge in [0, 0.05) is 5.56 Å². The molecule has 0 unspecified atom stereocenters. The second-order valence-corrected chi connectivity index (χ2v) is 2.80. The van der Waals surface area contributed by atoms with E-state index in [0.717, 1.165) is 6.42 Å². The smallest absolute Gasteiger partial charge is 0.270 e. The van der Waals surface area contributed by atoms with Crippen LogP contribution < -0.4 is 0 Å². The molecule has 13 heavy (non-hydrogen) atoms. The highest BCUT2D eigenvalue weighted by molar-refractivity contribution is 5.93. The van der Waals surface area contributed by atoms with Crippen LogP contribution in [0.2, 0.25) is 0 Å². The molecule has 1 saturated heterocycles. The highest BCUT2D eigenvalue weighted by Gasteiger charge is 2.20. The van der Waals surface area contributed by atoms with Gasteiger partial charge in [-0.05, 0) is 18.6 Å². The molecule has 1 heterocycles. The van der Waals surface area contributed by atoms with Crippen molar-refractivity contribution in [3.8, 4) is 0 Å². The van der Waals surface area contributed by atoms with Gasteiger partial charge in [-0.15, -0.1) is 0 Å². The van der Waals surface area contributed by atoms with Gasteiger partial charge in [0.05, 0.1) is 13.2 Å². The normalized spacial score (nSPS) is 16.2. The van der Waals surface area contributed by atoms with Gasteiger partial charge in [0.2, 0.25) is 0 Å². The molecule has 0 aromatic heterocycles. The first-order valence-corrected chi connectivity index (χ1v) is 4.23. The number of hydroxylamine groups is 2. The molecule has 67 valence electrons. The highest BCUT2D eigenvalue weighted by Crippen LogP contribution is 2.13. The Labute approximate surface area is 76.9 Å². The van der Waals surface area contributed by atoms with E-state index in [1.807, 2.05) is 18.2 Å². The molecule has 1 radical (unpaired) electrons. The van der Waals surface area contributed by atoms with Crippen LogP contribution in [0, 0.1) is 6.54 Å². The summed E-state index contributed by atoms with van der Waals surface area (Å²) in [4.78, 5) is 16.7. The van der Waals surface area contributed by atoms with Gasteiger partial charge in [-0.25, -0.2) is 5.06 Å². The van der Waals surface area contributed by atoms with E-state index in [1.165, 1.54) is 5.06 Å². The number of hydrogen-bond donors (Lipinski definition) is 0. The fourth-order valence-corrected chi connectivity index (χ4v) is 1.22. The minimum absolute atomic E-state index is 0.0990. The van der Waals surface area contributed by atoms with Crippen LogP contribution in [-0.2, 0) is 4.84 Å². The molecule has 1 aliphatic heterocycles. The molecule has 0 bridgehead atoms. The Morgan fingerprint density at radius 2 is 2.08 bits per heavy atom. The third kappa shape index (κ3) is 1.70. The van der Waals surface area contributed by atoms with Crippen molar-refractivity contribution in [2.24, 2.45) is 0 Å². The van der Waals surface area contributed by atoms with Crippen molar-refractivity contribution >= 4 is 5.91 Å². The molecule has 0 spiro atoms. The van der Waals surface area contributed by atoms with E-state index in [9.17, 15) is 4.79 Å². The molecule has 1 aliphatic rings. The molecule has 1 aromatic carbocycles. The number of amides is 1. The zero-order valence-electron chi connectivity index (χ0n) is 7.14. The van der Waals surface area contributed by atoms with Gasteiger partial charge < -0.3 is 0 Å². The predicted molar refractivity (Wildman–Crippen MR) is 47.5 cm³/mol. The number of rotatable bonds is 1. The monoisotopic (exact) mass is 176 g/mol. The summed E-state index contributed by atoms with van der Waals surface area (Å²) in [6.07, 6.45) is 0.804. The van der Waals surface area contributed by atoms with Crippen LogP contribution in [0.5, 0.6) is 0 Å². The lowest BCUT2D eigenvalue weighted by molar-refractivity contribution is -0.0644. The first kappa shape index (κ1) is 8.26. The summed E-state index contributed by atoms with van der Waals surface area (Å²) in [5.41, 5.74) is 0.653. The topological polar surface area (TPSA) is 29.5 Å².